The number of fused-ring (bicyclic) bond motifs is 4. The molecule has 3 N–H and O–H groups in total. The molecule has 7 rings (SSSR count). The van der Waals surface area contributed by atoms with E-state index in [4.69, 9.17) is 10.5 Å². The number of ether oxygens (including phenoxy) is 1. The van der Waals surface area contributed by atoms with Crippen molar-refractivity contribution in [1.29, 1.82) is 0 Å². The van der Waals surface area contributed by atoms with Gasteiger partial charge in [0.2, 0.25) is 0 Å². The van der Waals surface area contributed by atoms with Gasteiger partial charge >= 0.3 is 6.03 Å². The van der Waals surface area contributed by atoms with E-state index in [9.17, 15) is 19.2 Å². The van der Waals surface area contributed by atoms with Crippen molar-refractivity contribution in [1.82, 2.24) is 19.8 Å². The number of thiophene rings is 1. The second-order valence-electron chi connectivity index (χ2n) is 11.6. The van der Waals surface area contributed by atoms with E-state index >= 15 is 0 Å². The summed E-state index contributed by atoms with van der Waals surface area (Å²) in [6, 6.07) is 3.43. The summed E-state index contributed by atoms with van der Waals surface area (Å²) in [5.74, 6) is 0.607. The third-order valence-corrected chi connectivity index (χ3v) is 10.4. The van der Waals surface area contributed by atoms with Crippen LogP contribution in [0, 0.1) is 5.41 Å². The number of nitrogens with two attached hydrogens (primary N) is 1. The molecule has 11 nitrogen and oxygen atoms in total. The van der Waals surface area contributed by atoms with Crippen molar-refractivity contribution in [3.63, 3.8) is 0 Å². The molecule has 1 spiro atoms. The van der Waals surface area contributed by atoms with Gasteiger partial charge in [0, 0.05) is 50.6 Å². The minimum absolute atomic E-state index is 0.0243. The van der Waals surface area contributed by atoms with E-state index in [1.807, 2.05) is 17.0 Å². The maximum Gasteiger partial charge on any atom is 0.317 e. The molecule has 1 aromatic heterocycles. The molecule has 40 heavy (non-hydrogen) atoms. The number of hydrogen-bond acceptors (Lipinski definition) is 7. The zero-order valence-corrected chi connectivity index (χ0v) is 23.3. The Hall–Kier alpha value is -3.38. The summed E-state index contributed by atoms with van der Waals surface area (Å²) < 4.78 is 6.71. The maximum atomic E-state index is 13.9. The number of nitrogens with one attached hydrogen (secondary N) is 1. The van der Waals surface area contributed by atoms with Gasteiger partial charge in [-0.25, -0.2) is 4.79 Å². The van der Waals surface area contributed by atoms with Crippen molar-refractivity contribution in [2.75, 3.05) is 51.2 Å². The Bertz CT molecular complexity index is 1390. The Labute approximate surface area is 236 Å². The third kappa shape index (κ3) is 3.87. The molecule has 0 bridgehead atoms. The second kappa shape index (κ2) is 9.62. The first-order valence-corrected chi connectivity index (χ1v) is 15.1. The normalized spacial score (nSPS) is 23.1. The molecule has 5 aliphatic rings. The molecular formula is C28H34N6O5S. The molecule has 212 valence electrons. The standard InChI is InChI=1S/C28H34N6O5S/c29-27(38)30-23-20(19-5-4-17-8-15-39-21(17)22(19)40-23)24(35)31-13-6-18(7-14-31)32-10-3-9-28(16-32)25(36)33-11-1-2-12-34(33)26(28)37/h4-5,18H,1-3,6-16H2,(H3,29,30,38). The van der Waals surface area contributed by atoms with Crippen LogP contribution in [0.2, 0.25) is 0 Å². The summed E-state index contributed by atoms with van der Waals surface area (Å²) in [6.07, 6.45) is 5.64. The molecule has 0 unspecified atom stereocenters. The van der Waals surface area contributed by atoms with Crippen molar-refractivity contribution in [2.45, 2.75) is 51.0 Å². The maximum absolute atomic E-state index is 13.9. The van der Waals surface area contributed by atoms with Crippen LogP contribution in [0.1, 0.15) is 54.4 Å². The molecule has 5 amide bonds. The number of nitrogens with zero attached hydrogens (tertiary/aromatic N) is 4. The Kier molecular flexibility index (Phi) is 6.15. The lowest BCUT2D eigenvalue weighted by Gasteiger charge is -2.44. The topological polar surface area (TPSA) is 129 Å². The van der Waals surface area contributed by atoms with Crippen LogP contribution in [0.25, 0.3) is 10.1 Å². The van der Waals surface area contributed by atoms with Crippen molar-refractivity contribution in [3.8, 4) is 5.75 Å². The van der Waals surface area contributed by atoms with Crippen molar-refractivity contribution < 1.29 is 23.9 Å². The SMILES string of the molecule is NC(=O)Nc1sc2c3c(ccc2c1C(=O)N1CCC(N2CCCC4(C2)C(=O)N2CCCCN2C4=O)CC1)CCO3. The summed E-state index contributed by atoms with van der Waals surface area (Å²) >= 11 is 1.33. The predicted molar refractivity (Wildman–Crippen MR) is 149 cm³/mol. The average molecular weight is 567 g/mol. The number of carbonyl (C=O) groups excluding carboxylic acids is 4. The molecule has 0 atom stereocenters. The predicted octanol–water partition coefficient (Wildman–Crippen LogP) is 2.39. The largest absolute Gasteiger partial charge is 0.491 e. The highest BCUT2D eigenvalue weighted by atomic mass is 32.1. The van der Waals surface area contributed by atoms with E-state index in [-0.39, 0.29) is 23.8 Å². The van der Waals surface area contributed by atoms with Gasteiger partial charge in [-0.3, -0.25) is 34.6 Å². The number of urea groups is 1. The average Bonchev–Trinajstić information content (AvgIpc) is 3.64. The van der Waals surface area contributed by atoms with Crippen molar-refractivity contribution in [2.24, 2.45) is 11.1 Å². The number of carbonyl (C=O) groups is 4. The van der Waals surface area contributed by atoms with E-state index in [1.54, 1.807) is 10.0 Å². The Morgan fingerprint density at radius 3 is 2.42 bits per heavy atom. The quantitative estimate of drug-likeness (QED) is 0.549. The van der Waals surface area contributed by atoms with E-state index in [0.717, 1.165) is 66.5 Å². The van der Waals surface area contributed by atoms with Gasteiger partial charge in [0.1, 0.15) is 16.2 Å². The highest BCUT2D eigenvalue weighted by Gasteiger charge is 2.60. The van der Waals surface area contributed by atoms with E-state index in [0.29, 0.717) is 56.3 Å². The van der Waals surface area contributed by atoms with Crippen LogP contribution in [0.4, 0.5) is 9.80 Å². The summed E-state index contributed by atoms with van der Waals surface area (Å²) in [5, 5.41) is 7.27. The van der Waals surface area contributed by atoms with E-state index in [1.165, 1.54) is 11.3 Å². The molecule has 4 fully saturated rings. The van der Waals surface area contributed by atoms with Gasteiger partial charge in [-0.15, -0.1) is 11.3 Å². The molecule has 6 heterocycles. The highest BCUT2D eigenvalue weighted by molar-refractivity contribution is 7.24. The minimum Gasteiger partial charge on any atom is -0.491 e. The van der Waals surface area contributed by atoms with Gasteiger partial charge in [0.25, 0.3) is 17.7 Å². The summed E-state index contributed by atoms with van der Waals surface area (Å²) in [4.78, 5) is 56.7. The number of hydrazine groups is 1. The third-order valence-electron chi connectivity index (χ3n) is 9.32. The number of primary amides is 1. The van der Waals surface area contributed by atoms with Gasteiger partial charge in [0.15, 0.2) is 0 Å². The van der Waals surface area contributed by atoms with Crippen LogP contribution in [-0.2, 0) is 16.0 Å². The van der Waals surface area contributed by atoms with Gasteiger partial charge in [-0.05, 0) is 50.6 Å². The lowest BCUT2D eigenvalue weighted by Crippen LogP contribution is -2.56. The van der Waals surface area contributed by atoms with Crippen LogP contribution < -0.4 is 15.8 Å². The van der Waals surface area contributed by atoms with Crippen LogP contribution >= 0.6 is 11.3 Å². The lowest BCUT2D eigenvalue weighted by molar-refractivity contribution is -0.150. The smallest absolute Gasteiger partial charge is 0.317 e. The van der Waals surface area contributed by atoms with Crippen molar-refractivity contribution in [3.05, 3.63) is 23.3 Å². The molecule has 1 aromatic carbocycles. The molecule has 0 radical (unpaired) electrons. The van der Waals surface area contributed by atoms with E-state index in [2.05, 4.69) is 10.2 Å². The summed E-state index contributed by atoms with van der Waals surface area (Å²) in [6.45, 7) is 4.30. The Morgan fingerprint density at radius 1 is 1.00 bits per heavy atom. The van der Waals surface area contributed by atoms with Crippen molar-refractivity contribution >= 4 is 50.2 Å². The molecule has 5 aliphatic heterocycles. The monoisotopic (exact) mass is 566 g/mol. The van der Waals surface area contributed by atoms with Crippen LogP contribution in [0.15, 0.2) is 12.1 Å². The first-order valence-electron chi connectivity index (χ1n) is 14.3. The number of anilines is 1. The fraction of sp³-hybridized carbons (Fsp3) is 0.571. The first-order chi connectivity index (χ1) is 19.4. The number of likely N-dealkylation sites (tertiary alicyclic amines) is 2. The zero-order valence-electron chi connectivity index (χ0n) is 22.4. The molecular weight excluding hydrogens is 532 g/mol. The molecule has 4 saturated heterocycles. The van der Waals surface area contributed by atoms with Crippen LogP contribution in [-0.4, -0.2) is 95.5 Å². The number of amides is 5. The fourth-order valence-corrected chi connectivity index (χ4v) is 8.54. The first kappa shape index (κ1) is 25.6. The summed E-state index contributed by atoms with van der Waals surface area (Å²) in [7, 11) is 0. The Balaban J connectivity index is 1.08. The van der Waals surface area contributed by atoms with Gasteiger partial charge in [0.05, 0.1) is 16.9 Å². The van der Waals surface area contributed by atoms with Gasteiger partial charge < -0.3 is 15.4 Å². The molecule has 0 saturated carbocycles. The zero-order chi connectivity index (χ0) is 27.6. The highest BCUT2D eigenvalue weighted by Crippen LogP contribution is 2.46. The number of piperidine rings is 2. The minimum atomic E-state index is -0.956. The number of hydrogen-bond donors (Lipinski definition) is 2. The fourth-order valence-electron chi connectivity index (χ4n) is 7.32. The second-order valence-corrected chi connectivity index (χ2v) is 12.6. The molecule has 0 aliphatic carbocycles. The lowest BCUT2D eigenvalue weighted by atomic mass is 9.78. The van der Waals surface area contributed by atoms with Crippen LogP contribution in [0.5, 0.6) is 5.75 Å². The van der Waals surface area contributed by atoms with Crippen LogP contribution in [0.3, 0.4) is 0 Å². The molecule has 2 aromatic rings. The number of benzene rings is 1. The van der Waals surface area contributed by atoms with E-state index < -0.39 is 11.4 Å². The van der Waals surface area contributed by atoms with Gasteiger partial charge in [-0.1, -0.05) is 12.1 Å². The summed E-state index contributed by atoms with van der Waals surface area (Å²) in [5.41, 5.74) is 6.06. The Morgan fingerprint density at radius 2 is 1.73 bits per heavy atom. The molecule has 12 heteroatoms. The van der Waals surface area contributed by atoms with Gasteiger partial charge in [-0.2, -0.15) is 0 Å². The number of rotatable bonds is 3.